The molecule has 1 saturated heterocycles. The molecule has 1 aromatic heterocycles. The number of hydrogen-bond donors (Lipinski definition) is 1. The zero-order valence-corrected chi connectivity index (χ0v) is 11.9. The van der Waals surface area contributed by atoms with Gasteiger partial charge in [0.25, 0.3) is 0 Å². The summed E-state index contributed by atoms with van der Waals surface area (Å²) in [6.07, 6.45) is 9.18. The van der Waals surface area contributed by atoms with Crippen LogP contribution in [0.3, 0.4) is 0 Å². The van der Waals surface area contributed by atoms with E-state index in [1.165, 1.54) is 56.5 Å². The van der Waals surface area contributed by atoms with Crippen molar-refractivity contribution in [2.45, 2.75) is 56.5 Å². The number of hydrogen-bond acceptors (Lipinski definition) is 3. The van der Waals surface area contributed by atoms with Crippen molar-refractivity contribution in [1.29, 1.82) is 0 Å². The van der Waals surface area contributed by atoms with Gasteiger partial charge in [0.2, 0.25) is 0 Å². The van der Waals surface area contributed by atoms with Gasteiger partial charge in [-0.15, -0.1) is 11.3 Å². The van der Waals surface area contributed by atoms with E-state index in [0.29, 0.717) is 11.6 Å². The van der Waals surface area contributed by atoms with Crippen LogP contribution in [0.15, 0.2) is 17.5 Å². The molecule has 0 aromatic carbocycles. The maximum absolute atomic E-state index is 6.65. The molecule has 2 nitrogen and oxygen atoms in total. The van der Waals surface area contributed by atoms with Crippen molar-refractivity contribution in [3.63, 3.8) is 0 Å². The van der Waals surface area contributed by atoms with Crippen LogP contribution in [0.4, 0.5) is 0 Å². The lowest BCUT2D eigenvalue weighted by Crippen LogP contribution is -2.58. The van der Waals surface area contributed by atoms with Crippen molar-refractivity contribution in [1.82, 2.24) is 4.90 Å². The summed E-state index contributed by atoms with van der Waals surface area (Å²) >= 11 is 1.85. The van der Waals surface area contributed by atoms with Crippen LogP contribution in [-0.2, 0) is 6.42 Å². The van der Waals surface area contributed by atoms with Crippen molar-refractivity contribution in [3.8, 4) is 0 Å². The van der Waals surface area contributed by atoms with Gasteiger partial charge in [-0.1, -0.05) is 18.9 Å². The predicted octanol–water partition coefficient (Wildman–Crippen LogP) is 3.03. The molecule has 2 heterocycles. The molecule has 1 saturated carbocycles. The van der Waals surface area contributed by atoms with Gasteiger partial charge in [0.15, 0.2) is 0 Å². The van der Waals surface area contributed by atoms with Crippen LogP contribution in [0, 0.1) is 0 Å². The third-order valence-electron chi connectivity index (χ3n) is 4.90. The van der Waals surface area contributed by atoms with E-state index in [1.54, 1.807) is 0 Å². The fraction of sp³-hybridized carbons (Fsp3) is 0.733. The van der Waals surface area contributed by atoms with E-state index in [0.717, 1.165) is 6.42 Å². The molecule has 1 aromatic rings. The molecule has 2 aliphatic rings. The predicted molar refractivity (Wildman–Crippen MR) is 78.0 cm³/mol. The van der Waals surface area contributed by atoms with Crippen LogP contribution >= 0.6 is 11.3 Å². The summed E-state index contributed by atoms with van der Waals surface area (Å²) in [6, 6.07) is 4.69. The fourth-order valence-electron chi connectivity index (χ4n) is 3.91. The van der Waals surface area contributed by atoms with Crippen LogP contribution in [0.2, 0.25) is 0 Å². The highest BCUT2D eigenvalue weighted by Gasteiger charge is 2.44. The molecule has 0 radical (unpaired) electrons. The van der Waals surface area contributed by atoms with Gasteiger partial charge in [0.05, 0.1) is 0 Å². The second-order valence-electron chi connectivity index (χ2n) is 5.89. The van der Waals surface area contributed by atoms with E-state index in [9.17, 15) is 0 Å². The first kappa shape index (κ1) is 12.6. The topological polar surface area (TPSA) is 29.3 Å². The number of nitrogens with two attached hydrogens (primary N) is 1. The quantitative estimate of drug-likeness (QED) is 0.906. The number of likely N-dealkylation sites (tertiary alicyclic amines) is 1. The maximum Gasteiger partial charge on any atom is 0.0363 e. The molecular formula is C15H24N2S. The van der Waals surface area contributed by atoms with Crippen LogP contribution < -0.4 is 5.73 Å². The SMILES string of the molecule is NC(Cc1cccs1)C1(N2CCCC2)CCCC1. The number of nitrogens with zero attached hydrogens (tertiary/aromatic N) is 1. The van der Waals surface area contributed by atoms with Crippen LogP contribution in [0.1, 0.15) is 43.4 Å². The van der Waals surface area contributed by atoms with E-state index in [2.05, 4.69) is 22.4 Å². The third kappa shape index (κ3) is 2.24. The first-order valence-corrected chi connectivity index (χ1v) is 8.22. The molecule has 2 fully saturated rings. The van der Waals surface area contributed by atoms with Gasteiger partial charge < -0.3 is 5.73 Å². The monoisotopic (exact) mass is 264 g/mol. The Labute approximate surface area is 114 Å². The lowest BCUT2D eigenvalue weighted by atomic mass is 9.84. The van der Waals surface area contributed by atoms with Gasteiger partial charge in [0, 0.05) is 16.5 Å². The molecule has 3 heteroatoms. The highest BCUT2D eigenvalue weighted by atomic mass is 32.1. The van der Waals surface area contributed by atoms with E-state index in [-0.39, 0.29) is 0 Å². The minimum atomic E-state index is 0.316. The summed E-state index contributed by atoms with van der Waals surface area (Å²) < 4.78 is 0. The fourth-order valence-corrected chi connectivity index (χ4v) is 4.67. The molecule has 0 spiro atoms. The smallest absolute Gasteiger partial charge is 0.0363 e. The molecule has 18 heavy (non-hydrogen) atoms. The first-order chi connectivity index (χ1) is 8.81. The number of thiophene rings is 1. The third-order valence-corrected chi connectivity index (χ3v) is 5.80. The molecule has 1 unspecified atom stereocenters. The van der Waals surface area contributed by atoms with E-state index in [1.807, 2.05) is 11.3 Å². The summed E-state index contributed by atoms with van der Waals surface area (Å²) in [5.41, 5.74) is 6.97. The molecular weight excluding hydrogens is 240 g/mol. The minimum absolute atomic E-state index is 0.316. The standard InChI is InChI=1S/C15H24N2S/c16-14(12-13-6-5-11-18-13)15(7-1-2-8-15)17-9-3-4-10-17/h5-6,11,14H,1-4,7-10,12,16H2. The van der Waals surface area contributed by atoms with Crippen molar-refractivity contribution in [3.05, 3.63) is 22.4 Å². The first-order valence-electron chi connectivity index (χ1n) is 7.34. The Bertz CT molecular complexity index is 362. The Hall–Kier alpha value is -0.380. The zero-order chi connectivity index (χ0) is 12.4. The summed E-state index contributed by atoms with van der Waals surface area (Å²) in [6.45, 7) is 2.55. The lowest BCUT2D eigenvalue weighted by Gasteiger charge is -2.43. The van der Waals surface area contributed by atoms with Gasteiger partial charge in [-0.25, -0.2) is 0 Å². The van der Waals surface area contributed by atoms with E-state index < -0.39 is 0 Å². The van der Waals surface area contributed by atoms with E-state index in [4.69, 9.17) is 5.73 Å². The molecule has 3 rings (SSSR count). The summed E-state index contributed by atoms with van der Waals surface area (Å²) in [5, 5.41) is 2.17. The second-order valence-corrected chi connectivity index (χ2v) is 6.93. The Morgan fingerprint density at radius 1 is 1.22 bits per heavy atom. The molecule has 1 aliphatic carbocycles. The molecule has 100 valence electrons. The van der Waals surface area contributed by atoms with E-state index >= 15 is 0 Å². The second kappa shape index (κ2) is 5.32. The lowest BCUT2D eigenvalue weighted by molar-refractivity contribution is 0.0924. The van der Waals surface area contributed by atoms with Crippen LogP contribution in [-0.4, -0.2) is 29.6 Å². The van der Waals surface area contributed by atoms with Crippen molar-refractivity contribution in [2.75, 3.05) is 13.1 Å². The van der Waals surface area contributed by atoms with Crippen molar-refractivity contribution < 1.29 is 0 Å². The average molecular weight is 264 g/mol. The Morgan fingerprint density at radius 3 is 2.56 bits per heavy atom. The Morgan fingerprint density at radius 2 is 1.94 bits per heavy atom. The van der Waals surface area contributed by atoms with Gasteiger partial charge in [-0.2, -0.15) is 0 Å². The van der Waals surface area contributed by atoms with Crippen LogP contribution in [0.5, 0.6) is 0 Å². The Balaban J connectivity index is 1.76. The summed E-state index contributed by atoms with van der Waals surface area (Å²) in [4.78, 5) is 4.17. The van der Waals surface area contributed by atoms with Gasteiger partial charge >= 0.3 is 0 Å². The minimum Gasteiger partial charge on any atom is -0.326 e. The normalized spacial score (nSPS) is 25.6. The molecule has 1 atom stereocenters. The largest absolute Gasteiger partial charge is 0.326 e. The van der Waals surface area contributed by atoms with Gasteiger partial charge in [0.1, 0.15) is 0 Å². The maximum atomic E-state index is 6.65. The molecule has 1 aliphatic heterocycles. The molecule has 0 bridgehead atoms. The zero-order valence-electron chi connectivity index (χ0n) is 11.1. The van der Waals surface area contributed by atoms with Crippen molar-refractivity contribution >= 4 is 11.3 Å². The average Bonchev–Trinajstić information content (AvgIpc) is 3.12. The Kier molecular flexibility index (Phi) is 3.73. The summed E-state index contributed by atoms with van der Waals surface area (Å²) in [7, 11) is 0. The van der Waals surface area contributed by atoms with Gasteiger partial charge in [-0.05, 0) is 56.6 Å². The molecule has 0 amide bonds. The van der Waals surface area contributed by atoms with Gasteiger partial charge in [-0.3, -0.25) is 4.90 Å². The highest BCUT2D eigenvalue weighted by molar-refractivity contribution is 7.09. The van der Waals surface area contributed by atoms with Crippen LogP contribution in [0.25, 0.3) is 0 Å². The summed E-state index contributed by atoms with van der Waals surface area (Å²) in [5.74, 6) is 0. The highest BCUT2D eigenvalue weighted by Crippen LogP contribution is 2.40. The molecule has 2 N–H and O–H groups in total. The van der Waals surface area contributed by atoms with Crippen molar-refractivity contribution in [2.24, 2.45) is 5.73 Å². The number of rotatable bonds is 4.